The highest BCUT2D eigenvalue weighted by Crippen LogP contribution is 2.27. The number of amides is 1. The average molecular weight is 306 g/mol. The van der Waals surface area contributed by atoms with E-state index >= 15 is 0 Å². The van der Waals surface area contributed by atoms with Crippen LogP contribution in [0, 0.1) is 20.6 Å². The van der Waals surface area contributed by atoms with E-state index in [1.807, 2.05) is 22.6 Å². The van der Waals surface area contributed by atoms with Crippen LogP contribution in [0.5, 0.6) is 0 Å². The summed E-state index contributed by atoms with van der Waals surface area (Å²) in [5.74, 6) is -0.773. The third-order valence-electron chi connectivity index (χ3n) is 1.76. The molecule has 0 fully saturated rings. The van der Waals surface area contributed by atoms with E-state index in [2.05, 4.69) is 0 Å². The molecule has 0 saturated heterocycles. The molecule has 0 atom stereocenters. The van der Waals surface area contributed by atoms with E-state index in [0.717, 1.165) is 0 Å². The highest BCUT2D eigenvalue weighted by Gasteiger charge is 2.23. The molecule has 0 aliphatic rings. The topological polar surface area (TPSA) is 86.2 Å². The predicted molar refractivity (Wildman–Crippen MR) is 59.1 cm³/mol. The molecular weight excluding hydrogens is 299 g/mol. The number of halogens is 1. The number of rotatable bonds is 2. The second-order valence-electron chi connectivity index (χ2n) is 2.71. The van der Waals surface area contributed by atoms with Gasteiger partial charge in [-0.15, -0.1) is 0 Å². The van der Waals surface area contributed by atoms with E-state index < -0.39 is 10.8 Å². The highest BCUT2D eigenvalue weighted by molar-refractivity contribution is 14.1. The fraction of sp³-hybridized carbons (Fsp3) is 0.125. The maximum absolute atomic E-state index is 11.0. The Morgan fingerprint density at radius 3 is 2.50 bits per heavy atom. The fourth-order valence-electron chi connectivity index (χ4n) is 1.14. The Balaban J connectivity index is 3.58. The van der Waals surface area contributed by atoms with Gasteiger partial charge in [0.05, 0.1) is 4.92 Å². The molecule has 0 aliphatic carbocycles. The molecular formula is C8H7IN2O3. The van der Waals surface area contributed by atoms with Gasteiger partial charge in [0.1, 0.15) is 5.56 Å². The Bertz CT molecular complexity index is 378. The number of aryl methyl sites for hydroxylation is 1. The van der Waals surface area contributed by atoms with Gasteiger partial charge in [-0.3, -0.25) is 14.9 Å². The molecule has 2 N–H and O–H groups in total. The number of hydrogen-bond acceptors (Lipinski definition) is 3. The van der Waals surface area contributed by atoms with Crippen molar-refractivity contribution in [3.8, 4) is 0 Å². The normalized spacial score (nSPS) is 9.86. The molecule has 0 bridgehead atoms. The Kier molecular flexibility index (Phi) is 3.04. The van der Waals surface area contributed by atoms with E-state index in [-0.39, 0.29) is 11.3 Å². The first-order valence-corrected chi connectivity index (χ1v) is 4.76. The first-order valence-electron chi connectivity index (χ1n) is 3.68. The maximum atomic E-state index is 11.0. The van der Waals surface area contributed by atoms with Crippen molar-refractivity contribution in [2.24, 2.45) is 5.73 Å². The van der Waals surface area contributed by atoms with Gasteiger partial charge < -0.3 is 5.73 Å². The summed E-state index contributed by atoms with van der Waals surface area (Å²) in [5, 5.41) is 10.7. The number of nitrogens with zero attached hydrogens (tertiary/aromatic N) is 1. The van der Waals surface area contributed by atoms with Gasteiger partial charge in [-0.1, -0.05) is 6.07 Å². The van der Waals surface area contributed by atoms with Crippen molar-refractivity contribution in [2.75, 3.05) is 0 Å². The molecule has 0 spiro atoms. The number of benzene rings is 1. The lowest BCUT2D eigenvalue weighted by molar-refractivity contribution is -0.385. The Hall–Kier alpha value is -1.18. The van der Waals surface area contributed by atoms with Crippen LogP contribution in [0.15, 0.2) is 12.1 Å². The minimum absolute atomic E-state index is 0.0180. The fourth-order valence-corrected chi connectivity index (χ4v) is 1.84. The summed E-state index contributed by atoms with van der Waals surface area (Å²) in [6.07, 6.45) is 0. The quantitative estimate of drug-likeness (QED) is 0.511. The van der Waals surface area contributed by atoms with Crippen LogP contribution in [0.4, 0.5) is 5.69 Å². The molecule has 0 aromatic heterocycles. The Morgan fingerprint density at radius 2 is 2.14 bits per heavy atom. The van der Waals surface area contributed by atoms with Gasteiger partial charge in [0.15, 0.2) is 0 Å². The van der Waals surface area contributed by atoms with Crippen molar-refractivity contribution in [3.05, 3.63) is 36.9 Å². The Morgan fingerprint density at radius 1 is 1.57 bits per heavy atom. The summed E-state index contributed by atoms with van der Waals surface area (Å²) in [6.45, 7) is 1.57. The van der Waals surface area contributed by atoms with Crippen LogP contribution in [-0.4, -0.2) is 10.8 Å². The first-order chi connectivity index (χ1) is 6.45. The van der Waals surface area contributed by atoms with Crippen LogP contribution < -0.4 is 5.73 Å². The van der Waals surface area contributed by atoms with Crippen molar-refractivity contribution in [2.45, 2.75) is 6.92 Å². The van der Waals surface area contributed by atoms with Gasteiger partial charge >= 0.3 is 0 Å². The second-order valence-corrected chi connectivity index (χ2v) is 3.87. The molecule has 0 saturated carbocycles. The first kappa shape index (κ1) is 10.9. The molecule has 1 rings (SSSR count). The number of hydrogen-bond donors (Lipinski definition) is 1. The third kappa shape index (κ3) is 1.84. The molecule has 5 nitrogen and oxygen atoms in total. The lowest BCUT2D eigenvalue weighted by atomic mass is 10.1. The molecule has 1 aromatic carbocycles. The molecule has 1 amide bonds. The van der Waals surface area contributed by atoms with Crippen molar-refractivity contribution in [1.82, 2.24) is 0 Å². The van der Waals surface area contributed by atoms with Crippen LogP contribution >= 0.6 is 22.6 Å². The molecule has 74 valence electrons. The minimum atomic E-state index is -0.773. The third-order valence-corrected chi connectivity index (χ3v) is 2.66. The summed E-state index contributed by atoms with van der Waals surface area (Å²) < 4.78 is 0.493. The summed E-state index contributed by atoms with van der Waals surface area (Å²) in [6, 6.07) is 3.22. The highest BCUT2D eigenvalue weighted by atomic mass is 127. The average Bonchev–Trinajstić information content (AvgIpc) is 2.07. The molecule has 0 heterocycles. The predicted octanol–water partition coefficient (Wildman–Crippen LogP) is 1.61. The van der Waals surface area contributed by atoms with Crippen LogP contribution in [0.2, 0.25) is 0 Å². The zero-order valence-electron chi connectivity index (χ0n) is 7.28. The van der Waals surface area contributed by atoms with E-state index in [0.29, 0.717) is 9.13 Å². The molecule has 1 aromatic rings. The molecule has 6 heteroatoms. The molecule has 0 radical (unpaired) electrons. The molecule has 0 unspecified atom stereocenters. The smallest absolute Gasteiger partial charge is 0.286 e. The number of nitrogens with two attached hydrogens (primary N) is 1. The number of primary amides is 1. The monoisotopic (exact) mass is 306 g/mol. The summed E-state index contributed by atoms with van der Waals surface area (Å²) in [5.41, 5.74) is 5.29. The summed E-state index contributed by atoms with van der Waals surface area (Å²) in [4.78, 5) is 21.1. The number of nitro groups is 1. The van der Waals surface area contributed by atoms with E-state index in [9.17, 15) is 14.9 Å². The van der Waals surface area contributed by atoms with Crippen LogP contribution in [-0.2, 0) is 0 Å². The Labute approximate surface area is 93.6 Å². The van der Waals surface area contributed by atoms with Crippen molar-refractivity contribution in [3.63, 3.8) is 0 Å². The van der Waals surface area contributed by atoms with Gasteiger partial charge in [-0.2, -0.15) is 0 Å². The number of carbonyl (C=O) groups is 1. The number of nitro benzene ring substituents is 1. The van der Waals surface area contributed by atoms with Gasteiger partial charge in [0.25, 0.3) is 11.6 Å². The maximum Gasteiger partial charge on any atom is 0.286 e. The van der Waals surface area contributed by atoms with Crippen molar-refractivity contribution in [1.29, 1.82) is 0 Å². The van der Waals surface area contributed by atoms with Crippen LogP contribution in [0.3, 0.4) is 0 Å². The van der Waals surface area contributed by atoms with E-state index in [1.165, 1.54) is 0 Å². The SMILES string of the molecule is Cc1ccc(I)c(C(N)=O)c1[N+](=O)[O-]. The molecule has 0 aliphatic heterocycles. The lowest BCUT2D eigenvalue weighted by Gasteiger charge is -2.03. The van der Waals surface area contributed by atoms with Crippen LogP contribution in [0.25, 0.3) is 0 Å². The lowest BCUT2D eigenvalue weighted by Crippen LogP contribution is -2.16. The van der Waals surface area contributed by atoms with Crippen molar-refractivity contribution < 1.29 is 9.72 Å². The van der Waals surface area contributed by atoms with Gasteiger partial charge in [-0.05, 0) is 35.6 Å². The van der Waals surface area contributed by atoms with Gasteiger partial charge in [0.2, 0.25) is 0 Å². The molecule has 14 heavy (non-hydrogen) atoms. The number of carbonyl (C=O) groups excluding carboxylic acids is 1. The second kappa shape index (κ2) is 3.91. The van der Waals surface area contributed by atoms with Gasteiger partial charge in [0, 0.05) is 9.13 Å². The van der Waals surface area contributed by atoms with E-state index in [1.54, 1.807) is 19.1 Å². The van der Waals surface area contributed by atoms with Gasteiger partial charge in [-0.25, -0.2) is 0 Å². The largest absolute Gasteiger partial charge is 0.365 e. The summed E-state index contributed by atoms with van der Waals surface area (Å²) in [7, 11) is 0. The van der Waals surface area contributed by atoms with Crippen LogP contribution in [0.1, 0.15) is 15.9 Å². The standard InChI is InChI=1S/C8H7IN2O3/c1-4-2-3-5(9)6(8(10)12)7(4)11(13)14/h2-3H,1H3,(H2,10,12). The summed E-state index contributed by atoms with van der Waals surface area (Å²) >= 11 is 1.85. The van der Waals surface area contributed by atoms with Crippen molar-refractivity contribution >= 4 is 34.2 Å². The minimum Gasteiger partial charge on any atom is -0.365 e. The van der Waals surface area contributed by atoms with E-state index in [4.69, 9.17) is 5.73 Å². The zero-order chi connectivity index (χ0) is 10.9. The zero-order valence-corrected chi connectivity index (χ0v) is 9.44.